The van der Waals surface area contributed by atoms with Crippen LogP contribution in [-0.2, 0) is 6.54 Å². The van der Waals surface area contributed by atoms with Crippen molar-refractivity contribution >= 4 is 45.8 Å². The van der Waals surface area contributed by atoms with Crippen LogP contribution >= 0.6 is 23.4 Å². The molecule has 0 fully saturated rings. The number of hydrogen-bond donors (Lipinski definition) is 0. The molecule has 164 valence electrons. The maximum Gasteiger partial charge on any atom is 0.263 e. The van der Waals surface area contributed by atoms with Gasteiger partial charge < -0.3 is 0 Å². The second-order valence-electron chi connectivity index (χ2n) is 7.64. The fourth-order valence-corrected chi connectivity index (χ4v) is 4.84. The van der Waals surface area contributed by atoms with Gasteiger partial charge in [-0.3, -0.25) is 18.6 Å². The average molecular weight is 475 g/mol. The first-order valence-electron chi connectivity index (χ1n) is 10.4. The topological polar surface area (TPSA) is 69.3 Å². The number of Topliss-reactive ketones (excluding diaryl/α,β-unsaturated/α-hetero) is 1. The van der Waals surface area contributed by atoms with Crippen LogP contribution in [0.1, 0.15) is 22.8 Å². The summed E-state index contributed by atoms with van der Waals surface area (Å²) >= 11 is 7.27. The summed E-state index contributed by atoms with van der Waals surface area (Å²) in [6.45, 7) is 2.21. The lowest BCUT2D eigenvalue weighted by Gasteiger charge is -2.13. The van der Waals surface area contributed by atoms with E-state index in [2.05, 4.69) is 10.2 Å². The van der Waals surface area contributed by atoms with Gasteiger partial charge >= 0.3 is 0 Å². The number of carbonyl (C=O) groups is 1. The second-order valence-corrected chi connectivity index (χ2v) is 9.39. The number of ketones is 1. The van der Waals surface area contributed by atoms with Crippen molar-refractivity contribution in [2.45, 2.75) is 23.9 Å². The molecular formula is C25H19ClN4O2S. The molecular weight excluding hydrogens is 456 g/mol. The van der Waals surface area contributed by atoms with Crippen LogP contribution in [-0.4, -0.2) is 30.2 Å². The SMILES string of the molecule is CC(Sc1nnc2n(Cc3ccccc3)c(=O)c3ccccc3n12)C(=O)c1ccc(Cl)cc1. The molecule has 0 spiro atoms. The molecule has 0 aliphatic rings. The van der Waals surface area contributed by atoms with Gasteiger partial charge in [0.1, 0.15) is 0 Å². The number of benzene rings is 3. The number of rotatable bonds is 6. The van der Waals surface area contributed by atoms with Gasteiger partial charge in [-0.25, -0.2) is 0 Å². The Kier molecular flexibility index (Phi) is 5.74. The molecule has 8 heteroatoms. The van der Waals surface area contributed by atoms with E-state index in [1.807, 2.05) is 59.9 Å². The third-order valence-electron chi connectivity index (χ3n) is 5.44. The van der Waals surface area contributed by atoms with E-state index < -0.39 is 5.25 Å². The highest BCUT2D eigenvalue weighted by molar-refractivity contribution is 8.00. The number of carbonyl (C=O) groups excluding carboxylic acids is 1. The molecule has 0 aliphatic carbocycles. The summed E-state index contributed by atoms with van der Waals surface area (Å²) in [4.78, 5) is 26.3. The Labute approximate surface area is 198 Å². The van der Waals surface area contributed by atoms with E-state index in [1.165, 1.54) is 11.8 Å². The lowest BCUT2D eigenvalue weighted by molar-refractivity contribution is 0.0994. The number of aromatic nitrogens is 4. The minimum Gasteiger partial charge on any atom is -0.293 e. The van der Waals surface area contributed by atoms with Crippen LogP contribution in [0.4, 0.5) is 0 Å². The van der Waals surface area contributed by atoms with Gasteiger partial charge in [0.05, 0.1) is 22.7 Å². The Morgan fingerprint density at radius 3 is 2.42 bits per heavy atom. The predicted molar refractivity (Wildman–Crippen MR) is 131 cm³/mol. The zero-order valence-electron chi connectivity index (χ0n) is 17.7. The summed E-state index contributed by atoms with van der Waals surface area (Å²) < 4.78 is 3.48. The maximum atomic E-state index is 13.3. The van der Waals surface area contributed by atoms with Crippen LogP contribution in [0, 0.1) is 0 Å². The van der Waals surface area contributed by atoms with Crippen LogP contribution in [0.25, 0.3) is 16.7 Å². The lowest BCUT2D eigenvalue weighted by atomic mass is 10.1. The minimum atomic E-state index is -0.410. The Morgan fingerprint density at radius 2 is 1.67 bits per heavy atom. The van der Waals surface area contributed by atoms with Gasteiger partial charge in [-0.1, -0.05) is 65.8 Å². The fraction of sp³-hybridized carbons (Fsp3) is 0.120. The largest absolute Gasteiger partial charge is 0.293 e. The van der Waals surface area contributed by atoms with Crippen molar-refractivity contribution in [2.75, 3.05) is 0 Å². The molecule has 5 rings (SSSR count). The number of fused-ring (bicyclic) bond motifs is 3. The van der Waals surface area contributed by atoms with Crippen molar-refractivity contribution in [1.82, 2.24) is 19.2 Å². The smallest absolute Gasteiger partial charge is 0.263 e. The zero-order chi connectivity index (χ0) is 22.9. The highest BCUT2D eigenvalue weighted by Crippen LogP contribution is 2.27. The zero-order valence-corrected chi connectivity index (χ0v) is 19.3. The predicted octanol–water partition coefficient (Wildman–Crippen LogP) is 5.11. The summed E-state index contributed by atoms with van der Waals surface area (Å²) in [5.41, 5.74) is 2.15. The number of nitrogens with zero attached hydrogens (tertiary/aromatic N) is 4. The number of para-hydroxylation sites is 1. The van der Waals surface area contributed by atoms with E-state index >= 15 is 0 Å². The number of halogens is 1. The van der Waals surface area contributed by atoms with E-state index in [4.69, 9.17) is 11.6 Å². The highest BCUT2D eigenvalue weighted by atomic mass is 35.5. The first-order chi connectivity index (χ1) is 16.0. The lowest BCUT2D eigenvalue weighted by Crippen LogP contribution is -2.24. The number of hydrogen-bond acceptors (Lipinski definition) is 5. The third-order valence-corrected chi connectivity index (χ3v) is 6.74. The van der Waals surface area contributed by atoms with Crippen LogP contribution < -0.4 is 5.56 Å². The average Bonchev–Trinajstić information content (AvgIpc) is 3.26. The van der Waals surface area contributed by atoms with E-state index in [1.54, 1.807) is 34.9 Å². The quantitative estimate of drug-likeness (QED) is 0.252. The standard InChI is InChI=1S/C25H19ClN4O2S/c1-16(22(31)18-11-13-19(26)14-12-18)33-25-28-27-24-29(15-17-7-3-2-4-8-17)23(32)20-9-5-6-10-21(20)30(24)25/h2-14,16H,15H2,1H3. The molecule has 2 heterocycles. The van der Waals surface area contributed by atoms with E-state index in [0.717, 1.165) is 5.56 Å². The van der Waals surface area contributed by atoms with Crippen molar-refractivity contribution in [3.05, 3.63) is 105 Å². The van der Waals surface area contributed by atoms with Gasteiger partial charge in [-0.05, 0) is 48.9 Å². The summed E-state index contributed by atoms with van der Waals surface area (Å²) in [6, 6.07) is 24.0. The van der Waals surface area contributed by atoms with E-state index in [0.29, 0.717) is 39.0 Å². The second kappa shape index (κ2) is 8.84. The van der Waals surface area contributed by atoms with Gasteiger partial charge in [0.15, 0.2) is 10.9 Å². The van der Waals surface area contributed by atoms with Gasteiger partial charge in [0.2, 0.25) is 5.78 Å². The van der Waals surface area contributed by atoms with Crippen molar-refractivity contribution in [3.8, 4) is 0 Å². The normalized spacial score (nSPS) is 12.3. The Bertz CT molecular complexity index is 1530. The minimum absolute atomic E-state index is 0.0321. The molecule has 0 bridgehead atoms. The Balaban J connectivity index is 1.60. The molecule has 0 saturated carbocycles. The molecule has 0 aliphatic heterocycles. The molecule has 5 aromatic rings. The van der Waals surface area contributed by atoms with Gasteiger partial charge in [0.25, 0.3) is 5.56 Å². The van der Waals surface area contributed by atoms with E-state index in [-0.39, 0.29) is 11.3 Å². The van der Waals surface area contributed by atoms with E-state index in [9.17, 15) is 9.59 Å². The first-order valence-corrected chi connectivity index (χ1v) is 11.7. The van der Waals surface area contributed by atoms with Crippen LogP contribution in [0.5, 0.6) is 0 Å². The molecule has 1 atom stereocenters. The van der Waals surface area contributed by atoms with Crippen LogP contribution in [0.2, 0.25) is 5.02 Å². The van der Waals surface area contributed by atoms with Gasteiger partial charge in [-0.2, -0.15) is 0 Å². The van der Waals surface area contributed by atoms with Crippen molar-refractivity contribution in [3.63, 3.8) is 0 Å². The summed E-state index contributed by atoms with van der Waals surface area (Å²) in [6.07, 6.45) is 0. The molecule has 33 heavy (non-hydrogen) atoms. The summed E-state index contributed by atoms with van der Waals surface area (Å²) in [5, 5.41) is 10.0. The molecule has 3 aromatic carbocycles. The molecule has 0 radical (unpaired) electrons. The monoisotopic (exact) mass is 474 g/mol. The van der Waals surface area contributed by atoms with Crippen LogP contribution in [0.15, 0.2) is 88.8 Å². The Hall–Kier alpha value is -3.42. The van der Waals surface area contributed by atoms with Gasteiger partial charge in [0, 0.05) is 10.6 Å². The van der Waals surface area contributed by atoms with Crippen molar-refractivity contribution in [2.24, 2.45) is 0 Å². The molecule has 0 saturated heterocycles. The molecule has 2 aromatic heterocycles. The molecule has 6 nitrogen and oxygen atoms in total. The highest BCUT2D eigenvalue weighted by Gasteiger charge is 2.22. The third kappa shape index (κ3) is 4.05. The fourth-order valence-electron chi connectivity index (χ4n) is 3.78. The summed E-state index contributed by atoms with van der Waals surface area (Å²) in [7, 11) is 0. The van der Waals surface area contributed by atoms with Crippen molar-refractivity contribution < 1.29 is 4.79 Å². The van der Waals surface area contributed by atoms with Crippen LogP contribution in [0.3, 0.4) is 0 Å². The molecule has 0 amide bonds. The van der Waals surface area contributed by atoms with Crippen molar-refractivity contribution in [1.29, 1.82) is 0 Å². The summed E-state index contributed by atoms with van der Waals surface area (Å²) in [5.74, 6) is 0.409. The molecule has 0 N–H and O–H groups in total. The maximum absolute atomic E-state index is 13.3. The van der Waals surface area contributed by atoms with Gasteiger partial charge in [-0.15, -0.1) is 10.2 Å². The number of thioether (sulfide) groups is 1. The Morgan fingerprint density at radius 1 is 0.970 bits per heavy atom. The molecule has 1 unspecified atom stereocenters. The first kappa shape index (κ1) is 21.4.